The number of H-pyrrole nitrogens is 1. The number of benzene rings is 2. The van der Waals surface area contributed by atoms with Crippen LogP contribution in [0.15, 0.2) is 41.3 Å². The topological polar surface area (TPSA) is 32.9 Å². The Morgan fingerprint density at radius 2 is 1.04 bits per heavy atom. The molecule has 1 heterocycles. The number of nitrogens with one attached hydrogen (secondary N) is 1. The third-order valence-corrected chi connectivity index (χ3v) is 5.59. The molecule has 2 nitrogen and oxygen atoms in total. The monoisotopic (exact) mass is 451 g/mol. The van der Waals surface area contributed by atoms with Crippen LogP contribution in [0.5, 0.6) is 0 Å². The lowest BCUT2D eigenvalue weighted by molar-refractivity contribution is 1.24. The van der Waals surface area contributed by atoms with Gasteiger partial charge in [-0.05, 0) is 30.3 Å². The maximum atomic E-state index is 12.3. The van der Waals surface area contributed by atoms with Crippen molar-refractivity contribution in [3.05, 3.63) is 77.0 Å². The molecule has 1 aromatic heterocycles. The van der Waals surface area contributed by atoms with E-state index >= 15 is 0 Å². The van der Waals surface area contributed by atoms with Gasteiger partial charge in [-0.3, -0.25) is 4.79 Å². The molecule has 0 radical (unpaired) electrons. The highest BCUT2D eigenvalue weighted by molar-refractivity contribution is 6.44. The van der Waals surface area contributed by atoms with Gasteiger partial charge in [0.2, 0.25) is 0 Å². The number of aromatic amines is 1. The summed E-state index contributed by atoms with van der Waals surface area (Å²) in [6, 6.07) is 7.84. The highest BCUT2D eigenvalue weighted by Crippen LogP contribution is 2.38. The number of pyridine rings is 1. The molecule has 0 unspecified atom stereocenters. The maximum absolute atomic E-state index is 12.3. The number of rotatable bonds is 2. The molecule has 3 rings (SSSR count). The highest BCUT2D eigenvalue weighted by atomic mass is 35.5. The first-order valence-electron chi connectivity index (χ1n) is 6.80. The highest BCUT2D eigenvalue weighted by Gasteiger charge is 2.15. The molecule has 0 saturated carbocycles. The van der Waals surface area contributed by atoms with Crippen molar-refractivity contribution in [1.29, 1.82) is 0 Å². The Bertz CT molecular complexity index is 1040. The van der Waals surface area contributed by atoms with Crippen LogP contribution in [-0.4, -0.2) is 4.98 Å². The van der Waals surface area contributed by atoms with Gasteiger partial charge < -0.3 is 4.98 Å². The van der Waals surface area contributed by atoms with E-state index in [1.807, 2.05) is 0 Å². The quantitative estimate of drug-likeness (QED) is 0.397. The molecule has 0 amide bonds. The molecular weight excluding hydrogens is 447 g/mol. The second kappa shape index (κ2) is 7.40. The van der Waals surface area contributed by atoms with Gasteiger partial charge in [0.15, 0.2) is 0 Å². The van der Waals surface area contributed by atoms with Crippen LogP contribution >= 0.6 is 69.6 Å². The van der Waals surface area contributed by atoms with Gasteiger partial charge in [0.1, 0.15) is 0 Å². The number of hydrogen-bond donors (Lipinski definition) is 1. The van der Waals surface area contributed by atoms with E-state index in [0.717, 1.165) is 0 Å². The normalized spacial score (nSPS) is 11.0. The predicted octanol–water partition coefficient (Wildman–Crippen LogP) is 7.63. The van der Waals surface area contributed by atoms with E-state index in [9.17, 15) is 4.79 Å². The summed E-state index contributed by atoms with van der Waals surface area (Å²) in [5.74, 6) is 0. The Morgan fingerprint density at radius 1 is 0.560 bits per heavy atom. The van der Waals surface area contributed by atoms with Crippen molar-refractivity contribution in [3.8, 4) is 22.3 Å². The molecule has 0 saturated heterocycles. The molecule has 2 aromatic carbocycles. The molecule has 8 heteroatoms. The van der Waals surface area contributed by atoms with Crippen LogP contribution < -0.4 is 5.56 Å². The van der Waals surface area contributed by atoms with Crippen molar-refractivity contribution in [2.75, 3.05) is 0 Å². The molecule has 128 valence electrons. The van der Waals surface area contributed by atoms with E-state index in [0.29, 0.717) is 52.4 Å². The van der Waals surface area contributed by atoms with E-state index < -0.39 is 0 Å². The van der Waals surface area contributed by atoms with Gasteiger partial charge in [-0.2, -0.15) is 0 Å². The van der Waals surface area contributed by atoms with Crippen LogP contribution in [0.2, 0.25) is 30.1 Å². The molecule has 0 bridgehead atoms. The minimum Gasteiger partial charge on any atom is -0.328 e. The van der Waals surface area contributed by atoms with Gasteiger partial charge in [0.05, 0.1) is 30.1 Å². The Balaban J connectivity index is 2.23. The van der Waals surface area contributed by atoms with Crippen LogP contribution in [0.4, 0.5) is 0 Å². The Labute approximate surface area is 173 Å². The zero-order valence-electron chi connectivity index (χ0n) is 12.1. The standard InChI is InChI=1S/C17H7Cl6NO/c18-11-4-15(22)13(20)2-8(11)7-1-10(17(25)24-6-7)9-3-14(21)16(23)5-12(9)19/h1-6H,(H,24,25). The summed E-state index contributed by atoms with van der Waals surface area (Å²) in [5, 5.41) is 1.98. The Morgan fingerprint density at radius 3 is 1.64 bits per heavy atom. The van der Waals surface area contributed by atoms with Gasteiger partial charge in [-0.15, -0.1) is 0 Å². The molecule has 1 N–H and O–H groups in total. The lowest BCUT2D eigenvalue weighted by Crippen LogP contribution is -2.08. The van der Waals surface area contributed by atoms with E-state index in [1.165, 1.54) is 24.4 Å². The van der Waals surface area contributed by atoms with Crippen LogP contribution in [0.3, 0.4) is 0 Å². The van der Waals surface area contributed by atoms with Crippen LogP contribution in [0.25, 0.3) is 22.3 Å². The summed E-state index contributed by atoms with van der Waals surface area (Å²) in [5.41, 5.74) is 1.70. The van der Waals surface area contributed by atoms with Gasteiger partial charge in [-0.1, -0.05) is 69.6 Å². The first-order chi connectivity index (χ1) is 11.8. The van der Waals surface area contributed by atoms with E-state index in [4.69, 9.17) is 69.6 Å². The number of aromatic nitrogens is 1. The van der Waals surface area contributed by atoms with Gasteiger partial charge in [0, 0.05) is 28.5 Å². The molecule has 0 fully saturated rings. The minimum atomic E-state index is -0.333. The van der Waals surface area contributed by atoms with Gasteiger partial charge in [0.25, 0.3) is 5.56 Å². The van der Waals surface area contributed by atoms with Crippen LogP contribution in [-0.2, 0) is 0 Å². The molecule has 25 heavy (non-hydrogen) atoms. The number of hydrogen-bond acceptors (Lipinski definition) is 1. The Hall–Kier alpha value is -0.870. The number of halogens is 6. The Kier molecular flexibility index (Phi) is 5.60. The molecule has 0 atom stereocenters. The average Bonchev–Trinajstić information content (AvgIpc) is 2.55. The first kappa shape index (κ1) is 18.9. The van der Waals surface area contributed by atoms with E-state index in [-0.39, 0.29) is 5.56 Å². The van der Waals surface area contributed by atoms with Gasteiger partial charge >= 0.3 is 0 Å². The van der Waals surface area contributed by atoms with Gasteiger partial charge in [-0.25, -0.2) is 0 Å². The minimum absolute atomic E-state index is 0.290. The molecule has 0 aliphatic carbocycles. The molecular formula is C17H7Cl6NO. The maximum Gasteiger partial charge on any atom is 0.255 e. The van der Waals surface area contributed by atoms with Crippen molar-refractivity contribution in [2.24, 2.45) is 0 Å². The zero-order valence-corrected chi connectivity index (χ0v) is 16.7. The summed E-state index contributed by atoms with van der Waals surface area (Å²) in [6.07, 6.45) is 1.53. The molecule has 0 spiro atoms. The lowest BCUT2D eigenvalue weighted by Gasteiger charge is -2.10. The average molecular weight is 454 g/mol. The smallest absolute Gasteiger partial charge is 0.255 e. The van der Waals surface area contributed by atoms with Crippen molar-refractivity contribution < 1.29 is 0 Å². The molecule has 0 aliphatic heterocycles. The fourth-order valence-electron chi connectivity index (χ4n) is 2.31. The SMILES string of the molecule is O=c1[nH]cc(-c2cc(Cl)c(Cl)cc2Cl)cc1-c1cc(Cl)c(Cl)cc1Cl. The van der Waals surface area contributed by atoms with Crippen molar-refractivity contribution in [2.45, 2.75) is 0 Å². The second-order valence-corrected chi connectivity index (χ2v) is 7.57. The van der Waals surface area contributed by atoms with Crippen molar-refractivity contribution in [1.82, 2.24) is 4.98 Å². The summed E-state index contributed by atoms with van der Waals surface area (Å²) >= 11 is 36.5. The summed E-state index contributed by atoms with van der Waals surface area (Å²) in [6.45, 7) is 0. The largest absolute Gasteiger partial charge is 0.328 e. The molecule has 0 aliphatic rings. The van der Waals surface area contributed by atoms with Crippen molar-refractivity contribution in [3.63, 3.8) is 0 Å². The fraction of sp³-hybridized carbons (Fsp3) is 0. The molecule has 3 aromatic rings. The third kappa shape index (κ3) is 3.80. The van der Waals surface area contributed by atoms with Crippen molar-refractivity contribution >= 4 is 69.6 Å². The summed E-state index contributed by atoms with van der Waals surface area (Å²) in [4.78, 5) is 15.0. The lowest BCUT2D eigenvalue weighted by atomic mass is 10.0. The summed E-state index contributed by atoms with van der Waals surface area (Å²) in [7, 11) is 0. The summed E-state index contributed by atoms with van der Waals surface area (Å²) < 4.78 is 0. The van der Waals surface area contributed by atoms with E-state index in [2.05, 4.69) is 4.98 Å². The van der Waals surface area contributed by atoms with Crippen LogP contribution in [0.1, 0.15) is 0 Å². The fourth-order valence-corrected chi connectivity index (χ4v) is 3.62. The predicted molar refractivity (Wildman–Crippen MR) is 108 cm³/mol. The second-order valence-electron chi connectivity index (χ2n) is 5.12. The van der Waals surface area contributed by atoms with Crippen LogP contribution in [0, 0.1) is 0 Å². The first-order valence-corrected chi connectivity index (χ1v) is 9.07. The van der Waals surface area contributed by atoms with E-state index in [1.54, 1.807) is 12.1 Å². The zero-order chi connectivity index (χ0) is 18.3. The third-order valence-electron chi connectivity index (χ3n) is 3.52.